The van der Waals surface area contributed by atoms with Crippen molar-refractivity contribution >= 4 is 106 Å². The number of allylic oxidation sites excluding steroid dienone is 5. The smallest absolute Gasteiger partial charge is 0.227 e. The maximum absolute atomic E-state index is 15.3. The number of ketones is 1. The number of amides is 2. The molecule has 11 rings (SSSR count). The Morgan fingerprint density at radius 1 is 0.525 bits per heavy atom. The molecule has 0 fully saturated rings. The number of benzene rings is 9. The Balaban J connectivity index is 1.10. The van der Waals surface area contributed by atoms with Crippen molar-refractivity contribution in [2.45, 2.75) is 79.1 Å². The van der Waals surface area contributed by atoms with Crippen LogP contribution in [0.1, 0.15) is 84.6 Å². The number of aliphatic hydroxyl groups excluding tert-OH is 1. The Kier molecular flexibility index (Phi) is 15.5. The van der Waals surface area contributed by atoms with E-state index in [-0.39, 0.29) is 40.6 Å². The monoisotopic (exact) mass is 1050 g/mol. The first-order valence-corrected chi connectivity index (χ1v) is 28.5. The van der Waals surface area contributed by atoms with Crippen LogP contribution in [-0.2, 0) is 14.4 Å². The lowest BCUT2D eigenvalue weighted by atomic mass is 9.78. The third-order valence-corrected chi connectivity index (χ3v) is 16.1. The molecule has 0 aliphatic heterocycles. The normalized spacial score (nSPS) is 15.0. The number of carbonyl (C=O) groups is 3. The summed E-state index contributed by atoms with van der Waals surface area (Å²) >= 11 is 0. The van der Waals surface area contributed by atoms with Crippen LogP contribution in [0.15, 0.2) is 229 Å². The van der Waals surface area contributed by atoms with Gasteiger partial charge >= 0.3 is 0 Å². The Bertz CT molecular complexity index is 3880. The van der Waals surface area contributed by atoms with Gasteiger partial charge in [-0.15, -0.1) is 0 Å². The van der Waals surface area contributed by atoms with Crippen molar-refractivity contribution in [3.63, 3.8) is 0 Å². The van der Waals surface area contributed by atoms with Crippen LogP contribution in [0.2, 0.25) is 0 Å². The second-order valence-electron chi connectivity index (χ2n) is 21.0. The van der Waals surface area contributed by atoms with Crippen molar-refractivity contribution < 1.29 is 19.5 Å². The summed E-state index contributed by atoms with van der Waals surface area (Å²) in [6.45, 7) is 8.31. The highest BCUT2D eigenvalue weighted by atomic mass is 16.3. The molecule has 2 atom stereocenters. The summed E-state index contributed by atoms with van der Waals surface area (Å²) in [6, 6.07) is 64.0. The van der Waals surface area contributed by atoms with Crippen molar-refractivity contribution in [2.24, 2.45) is 11.8 Å². The molecule has 9 aromatic rings. The average molecular weight is 1050 g/mol. The molecule has 0 aromatic heterocycles. The number of nitrogens with zero attached hydrogens (tertiary/aromatic N) is 2. The van der Waals surface area contributed by atoms with E-state index in [1.54, 1.807) is 0 Å². The topological polar surface area (TPSA) is 102 Å². The van der Waals surface area contributed by atoms with Crippen molar-refractivity contribution in [2.75, 3.05) is 10.2 Å². The first kappa shape index (κ1) is 52.9. The maximum Gasteiger partial charge on any atom is 0.227 e. The molecule has 0 heterocycles. The number of hydrogen-bond acceptors (Lipinski definition) is 5. The van der Waals surface area contributed by atoms with Gasteiger partial charge in [0, 0.05) is 63.7 Å². The summed E-state index contributed by atoms with van der Waals surface area (Å²) in [7, 11) is 0. The van der Waals surface area contributed by atoms with Crippen LogP contribution in [0.5, 0.6) is 0 Å². The van der Waals surface area contributed by atoms with Crippen LogP contribution in [0.25, 0.3) is 48.7 Å². The fourth-order valence-corrected chi connectivity index (χ4v) is 11.7. The minimum absolute atomic E-state index is 0.0919. The van der Waals surface area contributed by atoms with E-state index < -0.39 is 5.78 Å². The minimum Gasteiger partial charge on any atom is -0.506 e. The predicted octanol–water partition coefficient (Wildman–Crippen LogP) is 17.8. The van der Waals surface area contributed by atoms with E-state index in [4.69, 9.17) is 0 Å². The van der Waals surface area contributed by atoms with E-state index in [1.807, 2.05) is 98.8 Å². The fraction of sp³-hybridized carbons (Fsp3) is 0.194. The molecule has 398 valence electrons. The van der Waals surface area contributed by atoms with Gasteiger partial charge in [-0.2, -0.15) is 4.58 Å². The molecule has 9 aromatic carbocycles. The molecule has 2 aliphatic rings. The lowest BCUT2D eigenvalue weighted by Crippen LogP contribution is -2.34. The second kappa shape index (κ2) is 23.4. The van der Waals surface area contributed by atoms with Crippen LogP contribution in [0, 0.1) is 11.8 Å². The van der Waals surface area contributed by atoms with E-state index in [0.29, 0.717) is 35.4 Å². The highest BCUT2D eigenvalue weighted by molar-refractivity contribution is 6.40. The molecule has 0 spiro atoms. The van der Waals surface area contributed by atoms with Gasteiger partial charge in [0.05, 0.1) is 44.7 Å². The third-order valence-electron chi connectivity index (χ3n) is 16.1. The second-order valence-corrected chi connectivity index (χ2v) is 21.0. The summed E-state index contributed by atoms with van der Waals surface area (Å²) in [4.78, 5) is 46.6. The first-order valence-electron chi connectivity index (χ1n) is 28.5. The molecular weight excluding hydrogens is 985 g/mol. The molecule has 3 N–H and O–H groups in total. The number of unbranched alkanes of at least 4 members (excludes halogenated alkanes) is 2. The lowest BCUT2D eigenvalue weighted by Gasteiger charge is -2.31. The number of carbonyl (C=O) groups excluding carboxylic acids is 3. The van der Waals surface area contributed by atoms with Gasteiger partial charge < -0.3 is 20.6 Å². The molecule has 80 heavy (non-hydrogen) atoms. The highest BCUT2D eigenvalue weighted by Gasteiger charge is 2.41. The van der Waals surface area contributed by atoms with Gasteiger partial charge in [-0.1, -0.05) is 187 Å². The SMILES string of the molecule is CCCCC(CC)C(=O)NC1=CC(=[N+](c2cccc3ccccc23)c2cccc3ccccc23)C=C/C1=C1\C(=O)C(c2ccc(N(c3cccc4ccccc34)c3cccc4ccccc34)cc2NC(=O)C(CC)CCCC)=C1O. The molecule has 0 radical (unpaired) electrons. The summed E-state index contributed by atoms with van der Waals surface area (Å²) < 4.78 is 2.22. The van der Waals surface area contributed by atoms with Gasteiger partial charge in [0.1, 0.15) is 5.76 Å². The molecule has 0 saturated heterocycles. The van der Waals surface area contributed by atoms with Gasteiger partial charge in [-0.3, -0.25) is 14.4 Å². The number of anilines is 4. The predicted molar refractivity (Wildman–Crippen MR) is 333 cm³/mol. The number of Topliss-reactive ketones (excluding diaryl/α,β-unsaturated/α-hetero) is 1. The van der Waals surface area contributed by atoms with Crippen LogP contribution in [-0.4, -0.2) is 28.4 Å². The van der Waals surface area contributed by atoms with Crippen molar-refractivity contribution in [1.82, 2.24) is 9.89 Å². The molecule has 0 bridgehead atoms. The van der Waals surface area contributed by atoms with E-state index in [9.17, 15) is 14.7 Å². The number of nitrogens with one attached hydrogen (secondary N) is 2. The van der Waals surface area contributed by atoms with E-state index in [2.05, 4.69) is 155 Å². The summed E-state index contributed by atoms with van der Waals surface area (Å²) in [5, 5.41) is 27.7. The van der Waals surface area contributed by atoms with E-state index in [0.717, 1.165) is 116 Å². The van der Waals surface area contributed by atoms with E-state index >= 15 is 4.79 Å². The summed E-state index contributed by atoms with van der Waals surface area (Å²) in [5.74, 6) is -1.43. The minimum atomic E-state index is -0.398. The molecule has 2 unspecified atom stereocenters. The quantitative estimate of drug-likeness (QED) is 0.0587. The standard InChI is InChI=1S/C72H66N4O4/c1-5-9-23-47(7-3)71(79)73-61-45-53(75(63-37-19-29-49-25-11-15-33-55(49)63)64-38-20-30-50-26-12-16-34-56(50)64)41-43-59(61)67-69(77)68(70(67)78)60-44-42-54(46-62(60)74-72(80)48(8-4)24-10-6-2)76(65-39-21-31-51-27-13-17-35-57(51)65)66-40-22-32-52-28-14-18-36-58(52)66/h11-22,25-48H,5-10,23-24H2,1-4H3,(H2,73,74,77,78,79,80)/p+1. The van der Waals surface area contributed by atoms with Gasteiger partial charge in [0.25, 0.3) is 0 Å². The van der Waals surface area contributed by atoms with Gasteiger partial charge in [-0.25, -0.2) is 0 Å². The Morgan fingerprint density at radius 3 is 1.49 bits per heavy atom. The lowest BCUT2D eigenvalue weighted by molar-refractivity contribution is -0.124. The van der Waals surface area contributed by atoms with Crippen LogP contribution in [0.3, 0.4) is 0 Å². The first-order chi connectivity index (χ1) is 39.2. The zero-order chi connectivity index (χ0) is 55.3. The maximum atomic E-state index is 15.3. The molecule has 2 amide bonds. The zero-order valence-corrected chi connectivity index (χ0v) is 46.0. The molecule has 2 aliphatic carbocycles. The Labute approximate surface area is 468 Å². The largest absolute Gasteiger partial charge is 0.506 e. The number of hydrogen-bond donors (Lipinski definition) is 3. The van der Waals surface area contributed by atoms with Crippen molar-refractivity contribution in [3.05, 3.63) is 234 Å². The van der Waals surface area contributed by atoms with Crippen LogP contribution in [0.4, 0.5) is 34.1 Å². The Hall–Kier alpha value is -9.14. The number of rotatable bonds is 18. The molecule has 8 heteroatoms. The summed E-state index contributed by atoms with van der Waals surface area (Å²) in [5.41, 5.74) is 7.08. The van der Waals surface area contributed by atoms with Gasteiger partial charge in [0.2, 0.25) is 34.7 Å². The molecule has 0 saturated carbocycles. The van der Waals surface area contributed by atoms with Crippen molar-refractivity contribution in [1.29, 1.82) is 0 Å². The van der Waals surface area contributed by atoms with Crippen molar-refractivity contribution in [3.8, 4) is 0 Å². The summed E-state index contributed by atoms with van der Waals surface area (Å²) in [6.07, 6.45) is 12.2. The van der Waals surface area contributed by atoms with Crippen LogP contribution < -0.4 is 20.1 Å². The van der Waals surface area contributed by atoms with E-state index in [1.165, 1.54) is 0 Å². The fourth-order valence-electron chi connectivity index (χ4n) is 11.7. The molecular formula is C72H67N4O4+. The number of aliphatic hydroxyl groups is 1. The third kappa shape index (κ3) is 10.1. The Morgan fingerprint density at radius 2 is 0.988 bits per heavy atom. The number of fused-ring (bicyclic) bond motifs is 4. The molecule has 8 nitrogen and oxygen atoms in total. The average Bonchev–Trinajstić information content (AvgIpc) is 3.52. The highest BCUT2D eigenvalue weighted by Crippen LogP contribution is 2.47. The van der Waals surface area contributed by atoms with Gasteiger partial charge in [0.15, 0.2) is 0 Å². The van der Waals surface area contributed by atoms with Crippen LogP contribution >= 0.6 is 0 Å². The zero-order valence-electron chi connectivity index (χ0n) is 46.0. The van der Waals surface area contributed by atoms with Gasteiger partial charge in [-0.05, 0) is 95.8 Å².